The Labute approximate surface area is 205 Å². The standard InChI is InChI=1S/C30H29NO4/c1-3-34-30(33)28-22(2)26(20-31(28)19-23-12-6-4-7-13-23)18-25-16-10-11-17-27(25)29(32)35-21-24-14-8-5-9-15-24/h4-17,20H,3,18-19,21H2,1-2H3. The molecule has 0 aliphatic rings. The minimum absolute atomic E-state index is 0.216. The Morgan fingerprint density at radius 2 is 1.37 bits per heavy atom. The SMILES string of the molecule is CCOC(=O)c1c(C)c(Cc2ccccc2C(=O)OCc2ccccc2)cn1Cc1ccccc1. The van der Waals surface area contributed by atoms with E-state index < -0.39 is 0 Å². The van der Waals surface area contributed by atoms with Crippen LogP contribution in [0.25, 0.3) is 0 Å². The topological polar surface area (TPSA) is 57.5 Å². The van der Waals surface area contributed by atoms with Gasteiger partial charge in [0.05, 0.1) is 12.2 Å². The van der Waals surface area contributed by atoms with E-state index in [0.29, 0.717) is 30.8 Å². The number of benzene rings is 3. The zero-order chi connectivity index (χ0) is 24.6. The summed E-state index contributed by atoms with van der Waals surface area (Å²) in [7, 11) is 0. The first-order chi connectivity index (χ1) is 17.1. The number of rotatable bonds is 9. The van der Waals surface area contributed by atoms with E-state index in [2.05, 4.69) is 0 Å². The number of aromatic nitrogens is 1. The highest BCUT2D eigenvalue weighted by molar-refractivity contribution is 5.92. The summed E-state index contributed by atoms with van der Waals surface area (Å²) in [5.41, 5.74) is 5.75. The number of esters is 2. The molecule has 4 aromatic rings. The number of hydrogen-bond acceptors (Lipinski definition) is 4. The van der Waals surface area contributed by atoms with Gasteiger partial charge < -0.3 is 14.0 Å². The van der Waals surface area contributed by atoms with Gasteiger partial charge in [0.2, 0.25) is 0 Å². The Balaban J connectivity index is 1.61. The molecule has 0 unspecified atom stereocenters. The molecule has 0 saturated carbocycles. The van der Waals surface area contributed by atoms with E-state index in [-0.39, 0.29) is 18.5 Å². The van der Waals surface area contributed by atoms with Crippen molar-refractivity contribution >= 4 is 11.9 Å². The summed E-state index contributed by atoms with van der Waals surface area (Å²) < 4.78 is 12.9. The lowest BCUT2D eigenvalue weighted by atomic mass is 9.99. The van der Waals surface area contributed by atoms with Crippen LogP contribution in [-0.2, 0) is 29.0 Å². The average Bonchev–Trinajstić information content (AvgIpc) is 3.18. The zero-order valence-corrected chi connectivity index (χ0v) is 20.1. The Morgan fingerprint density at radius 3 is 2.06 bits per heavy atom. The van der Waals surface area contributed by atoms with Crippen molar-refractivity contribution in [3.8, 4) is 0 Å². The van der Waals surface area contributed by atoms with E-state index in [9.17, 15) is 9.59 Å². The highest BCUT2D eigenvalue weighted by Gasteiger charge is 2.22. The first-order valence-electron chi connectivity index (χ1n) is 11.8. The van der Waals surface area contributed by atoms with Crippen LogP contribution in [0, 0.1) is 6.92 Å². The predicted molar refractivity (Wildman–Crippen MR) is 135 cm³/mol. The fourth-order valence-corrected chi connectivity index (χ4v) is 4.15. The zero-order valence-electron chi connectivity index (χ0n) is 20.1. The van der Waals surface area contributed by atoms with Crippen molar-refractivity contribution in [1.82, 2.24) is 4.57 Å². The molecule has 3 aromatic carbocycles. The molecule has 178 valence electrons. The average molecular weight is 468 g/mol. The molecular weight excluding hydrogens is 438 g/mol. The summed E-state index contributed by atoms with van der Waals surface area (Å²) in [5, 5.41) is 0. The number of nitrogens with zero attached hydrogens (tertiary/aromatic N) is 1. The second kappa shape index (κ2) is 11.3. The highest BCUT2D eigenvalue weighted by atomic mass is 16.5. The Bertz CT molecular complexity index is 1290. The van der Waals surface area contributed by atoms with Gasteiger partial charge in [-0.2, -0.15) is 0 Å². The Morgan fingerprint density at radius 1 is 0.743 bits per heavy atom. The van der Waals surface area contributed by atoms with Gasteiger partial charge in [-0.05, 0) is 47.7 Å². The number of carbonyl (C=O) groups excluding carboxylic acids is 2. The van der Waals surface area contributed by atoms with Crippen LogP contribution >= 0.6 is 0 Å². The maximum Gasteiger partial charge on any atom is 0.355 e. The van der Waals surface area contributed by atoms with E-state index in [1.807, 2.05) is 96.6 Å². The smallest absolute Gasteiger partial charge is 0.355 e. The van der Waals surface area contributed by atoms with Crippen LogP contribution in [0.5, 0.6) is 0 Å². The van der Waals surface area contributed by atoms with Gasteiger partial charge in [0.15, 0.2) is 0 Å². The molecule has 0 N–H and O–H groups in total. The van der Waals surface area contributed by atoms with Crippen molar-refractivity contribution in [2.24, 2.45) is 0 Å². The maximum absolute atomic E-state index is 12.9. The fourth-order valence-electron chi connectivity index (χ4n) is 4.15. The van der Waals surface area contributed by atoms with Gasteiger partial charge in [-0.25, -0.2) is 9.59 Å². The monoisotopic (exact) mass is 467 g/mol. The lowest BCUT2D eigenvalue weighted by Gasteiger charge is -2.10. The summed E-state index contributed by atoms with van der Waals surface area (Å²) >= 11 is 0. The van der Waals surface area contributed by atoms with Gasteiger partial charge in [0, 0.05) is 19.2 Å². The molecule has 0 atom stereocenters. The number of carbonyl (C=O) groups is 2. The Hall–Kier alpha value is -4.12. The fraction of sp³-hybridized carbons (Fsp3) is 0.200. The maximum atomic E-state index is 12.9. The van der Waals surface area contributed by atoms with Crippen LogP contribution < -0.4 is 0 Å². The molecule has 0 bridgehead atoms. The number of ether oxygens (including phenoxy) is 2. The molecule has 0 radical (unpaired) electrons. The van der Waals surface area contributed by atoms with Crippen molar-refractivity contribution in [1.29, 1.82) is 0 Å². The van der Waals surface area contributed by atoms with Gasteiger partial charge in [-0.15, -0.1) is 0 Å². The molecule has 1 heterocycles. The van der Waals surface area contributed by atoms with Crippen molar-refractivity contribution in [3.63, 3.8) is 0 Å². The summed E-state index contributed by atoms with van der Waals surface area (Å²) in [6.45, 7) is 4.81. The normalized spacial score (nSPS) is 10.7. The van der Waals surface area contributed by atoms with E-state index in [1.54, 1.807) is 13.0 Å². The van der Waals surface area contributed by atoms with E-state index >= 15 is 0 Å². The lowest BCUT2D eigenvalue weighted by Crippen LogP contribution is -2.13. The molecule has 35 heavy (non-hydrogen) atoms. The van der Waals surface area contributed by atoms with Crippen molar-refractivity contribution in [2.45, 2.75) is 33.4 Å². The van der Waals surface area contributed by atoms with Gasteiger partial charge in [0.1, 0.15) is 12.3 Å². The molecule has 4 rings (SSSR count). The van der Waals surface area contributed by atoms with Crippen LogP contribution in [0.15, 0.2) is 91.1 Å². The van der Waals surface area contributed by atoms with Gasteiger partial charge in [-0.3, -0.25) is 0 Å². The second-order valence-electron chi connectivity index (χ2n) is 8.36. The van der Waals surface area contributed by atoms with E-state index in [1.165, 1.54) is 0 Å². The van der Waals surface area contributed by atoms with Crippen molar-refractivity contribution in [2.75, 3.05) is 6.61 Å². The van der Waals surface area contributed by atoms with Crippen molar-refractivity contribution < 1.29 is 19.1 Å². The summed E-state index contributed by atoms with van der Waals surface area (Å²) in [6, 6.07) is 27.1. The lowest BCUT2D eigenvalue weighted by molar-refractivity contribution is 0.0469. The molecule has 5 nitrogen and oxygen atoms in total. The molecule has 0 aliphatic heterocycles. The second-order valence-corrected chi connectivity index (χ2v) is 8.36. The van der Waals surface area contributed by atoms with E-state index in [4.69, 9.17) is 9.47 Å². The first-order valence-corrected chi connectivity index (χ1v) is 11.8. The van der Waals surface area contributed by atoms with Crippen LogP contribution in [0.3, 0.4) is 0 Å². The molecular formula is C30H29NO4. The van der Waals surface area contributed by atoms with Crippen LogP contribution in [-0.4, -0.2) is 23.1 Å². The minimum atomic E-state index is -0.364. The van der Waals surface area contributed by atoms with Crippen LogP contribution in [0.2, 0.25) is 0 Å². The van der Waals surface area contributed by atoms with Crippen LogP contribution in [0.4, 0.5) is 0 Å². The summed E-state index contributed by atoms with van der Waals surface area (Å²) in [4.78, 5) is 25.7. The summed E-state index contributed by atoms with van der Waals surface area (Å²) in [6.07, 6.45) is 2.48. The van der Waals surface area contributed by atoms with Crippen molar-refractivity contribution in [3.05, 3.63) is 130 Å². The molecule has 1 aromatic heterocycles. The third-order valence-electron chi connectivity index (χ3n) is 5.93. The molecule has 0 spiro atoms. The highest BCUT2D eigenvalue weighted by Crippen LogP contribution is 2.24. The molecule has 5 heteroatoms. The predicted octanol–water partition coefficient (Wildman–Crippen LogP) is 5.97. The van der Waals surface area contributed by atoms with Gasteiger partial charge in [-0.1, -0.05) is 78.9 Å². The molecule has 0 amide bonds. The quantitative estimate of drug-likeness (QED) is 0.285. The third kappa shape index (κ3) is 5.87. The molecule has 0 fully saturated rings. The third-order valence-corrected chi connectivity index (χ3v) is 5.93. The van der Waals surface area contributed by atoms with Crippen LogP contribution in [0.1, 0.15) is 55.6 Å². The summed E-state index contributed by atoms with van der Waals surface area (Å²) in [5.74, 6) is -0.709. The van der Waals surface area contributed by atoms with Gasteiger partial charge >= 0.3 is 11.9 Å². The first kappa shape index (κ1) is 24.0. The van der Waals surface area contributed by atoms with Gasteiger partial charge in [0.25, 0.3) is 0 Å². The largest absolute Gasteiger partial charge is 0.461 e. The molecule has 0 saturated heterocycles. The molecule has 0 aliphatic carbocycles. The van der Waals surface area contributed by atoms with E-state index in [0.717, 1.165) is 27.8 Å². The Kier molecular flexibility index (Phi) is 7.78. The minimum Gasteiger partial charge on any atom is -0.461 e. The number of hydrogen-bond donors (Lipinski definition) is 0.